The van der Waals surface area contributed by atoms with Gasteiger partial charge >= 0.3 is 5.69 Å². The summed E-state index contributed by atoms with van der Waals surface area (Å²) in [6.45, 7) is 2.10. The Morgan fingerprint density at radius 2 is 2.38 bits per heavy atom. The highest BCUT2D eigenvalue weighted by Gasteiger charge is 2.38. The van der Waals surface area contributed by atoms with E-state index in [1.54, 1.807) is 6.07 Å². The topological polar surface area (TPSA) is 78.7 Å². The third-order valence-electron chi connectivity index (χ3n) is 2.99. The Kier molecular flexibility index (Phi) is 2.65. The lowest BCUT2D eigenvalue weighted by molar-refractivity contribution is 0.581. The van der Waals surface area contributed by atoms with Crippen LogP contribution in [0.4, 0.5) is 0 Å². The molecule has 0 amide bonds. The van der Waals surface area contributed by atoms with Crippen LogP contribution in [0.5, 0.6) is 0 Å². The van der Waals surface area contributed by atoms with Crippen molar-refractivity contribution in [3.63, 3.8) is 0 Å². The van der Waals surface area contributed by atoms with Crippen LogP contribution in [0, 0.1) is 17.2 Å². The average molecular weight is 219 g/mol. The molecular weight excluding hydrogens is 206 g/mol. The smallest absolute Gasteiger partial charge is 0.296 e. The minimum atomic E-state index is -0.601. The van der Waals surface area contributed by atoms with Gasteiger partial charge in [0.15, 0.2) is 0 Å². The molecule has 2 rings (SSSR count). The summed E-state index contributed by atoms with van der Waals surface area (Å²) >= 11 is 0. The van der Waals surface area contributed by atoms with E-state index in [1.165, 1.54) is 10.8 Å². The number of aromatic nitrogens is 2. The molecule has 84 valence electrons. The van der Waals surface area contributed by atoms with E-state index in [0.29, 0.717) is 5.92 Å². The standard InChI is InChI=1S/C11H13N3O2/c1-2-3-7-4-9(7)14-6-8(5-12)10(15)13-11(14)16/h6-7,9H,2-4H2,1H3,(H,13,15,16). The zero-order valence-electron chi connectivity index (χ0n) is 9.06. The molecule has 0 aromatic carbocycles. The number of rotatable bonds is 3. The Hall–Kier alpha value is -1.83. The third-order valence-corrected chi connectivity index (χ3v) is 2.99. The second kappa shape index (κ2) is 3.97. The minimum Gasteiger partial charge on any atom is -0.296 e. The molecule has 1 fully saturated rings. The lowest BCUT2D eigenvalue weighted by Gasteiger charge is -2.03. The zero-order chi connectivity index (χ0) is 11.7. The van der Waals surface area contributed by atoms with Crippen LogP contribution >= 0.6 is 0 Å². The van der Waals surface area contributed by atoms with Crippen molar-refractivity contribution in [1.29, 1.82) is 5.26 Å². The molecule has 1 saturated carbocycles. The van der Waals surface area contributed by atoms with E-state index in [4.69, 9.17) is 5.26 Å². The molecule has 0 bridgehead atoms. The number of nitrogens with one attached hydrogen (secondary N) is 1. The predicted molar refractivity (Wildman–Crippen MR) is 58.1 cm³/mol. The molecule has 2 unspecified atom stereocenters. The Labute approximate surface area is 92.3 Å². The summed E-state index contributed by atoms with van der Waals surface area (Å²) in [5.74, 6) is 0.514. The molecule has 1 aromatic rings. The quantitative estimate of drug-likeness (QED) is 0.815. The highest BCUT2D eigenvalue weighted by Crippen LogP contribution is 2.45. The van der Waals surface area contributed by atoms with E-state index < -0.39 is 11.2 Å². The first-order valence-corrected chi connectivity index (χ1v) is 5.43. The zero-order valence-corrected chi connectivity index (χ0v) is 9.06. The molecule has 0 aliphatic heterocycles. The molecule has 5 heteroatoms. The van der Waals surface area contributed by atoms with Gasteiger partial charge in [-0.1, -0.05) is 13.3 Å². The van der Waals surface area contributed by atoms with Gasteiger partial charge in [0, 0.05) is 12.2 Å². The summed E-state index contributed by atoms with van der Waals surface area (Å²) in [7, 11) is 0. The molecule has 1 aliphatic rings. The van der Waals surface area contributed by atoms with Crippen LogP contribution in [0.25, 0.3) is 0 Å². The first kappa shape index (κ1) is 10.7. The Bertz CT molecular complexity index is 550. The lowest BCUT2D eigenvalue weighted by atomic mass is 10.2. The molecule has 1 aromatic heterocycles. The normalized spacial score (nSPS) is 22.8. The average Bonchev–Trinajstić information content (AvgIpc) is 2.98. The fourth-order valence-electron chi connectivity index (χ4n) is 2.06. The number of hydrogen-bond acceptors (Lipinski definition) is 3. The molecule has 0 spiro atoms. The summed E-state index contributed by atoms with van der Waals surface area (Å²) in [5.41, 5.74) is -1.01. The number of aromatic amines is 1. The van der Waals surface area contributed by atoms with Crippen molar-refractivity contribution in [2.24, 2.45) is 5.92 Å². The largest absolute Gasteiger partial charge is 0.328 e. The van der Waals surface area contributed by atoms with Crippen LogP contribution in [0.15, 0.2) is 15.8 Å². The fraction of sp³-hybridized carbons (Fsp3) is 0.545. The van der Waals surface area contributed by atoms with Gasteiger partial charge in [-0.2, -0.15) is 5.26 Å². The van der Waals surface area contributed by atoms with Gasteiger partial charge in [-0.25, -0.2) is 4.79 Å². The SMILES string of the molecule is CCCC1CC1n1cc(C#N)c(=O)[nH]c1=O. The summed E-state index contributed by atoms with van der Waals surface area (Å²) in [6.07, 6.45) is 4.51. The fourth-order valence-corrected chi connectivity index (χ4v) is 2.06. The Balaban J connectivity index is 2.34. The molecule has 2 atom stereocenters. The molecule has 5 nitrogen and oxygen atoms in total. The van der Waals surface area contributed by atoms with E-state index in [-0.39, 0.29) is 11.6 Å². The van der Waals surface area contributed by atoms with E-state index in [9.17, 15) is 9.59 Å². The van der Waals surface area contributed by atoms with E-state index in [0.717, 1.165) is 19.3 Å². The number of hydrogen-bond donors (Lipinski definition) is 1. The molecule has 0 radical (unpaired) electrons. The van der Waals surface area contributed by atoms with Crippen molar-refractivity contribution in [2.45, 2.75) is 32.2 Å². The van der Waals surface area contributed by atoms with Gasteiger partial charge in [-0.3, -0.25) is 14.3 Å². The van der Waals surface area contributed by atoms with Crippen LogP contribution in [0.1, 0.15) is 37.8 Å². The van der Waals surface area contributed by atoms with Gasteiger partial charge < -0.3 is 0 Å². The van der Waals surface area contributed by atoms with E-state index >= 15 is 0 Å². The highest BCUT2D eigenvalue weighted by atomic mass is 16.2. The van der Waals surface area contributed by atoms with Gasteiger partial charge in [0.25, 0.3) is 5.56 Å². The second-order valence-electron chi connectivity index (χ2n) is 4.17. The first-order valence-electron chi connectivity index (χ1n) is 5.43. The van der Waals surface area contributed by atoms with Crippen LogP contribution in [0.2, 0.25) is 0 Å². The van der Waals surface area contributed by atoms with Crippen LogP contribution in [-0.2, 0) is 0 Å². The first-order chi connectivity index (χ1) is 7.67. The molecule has 1 heterocycles. The van der Waals surface area contributed by atoms with Crippen LogP contribution in [-0.4, -0.2) is 9.55 Å². The molecular formula is C11H13N3O2. The van der Waals surface area contributed by atoms with Gasteiger partial charge in [0.1, 0.15) is 11.6 Å². The van der Waals surface area contributed by atoms with Crippen LogP contribution < -0.4 is 11.2 Å². The van der Waals surface area contributed by atoms with E-state index in [2.05, 4.69) is 11.9 Å². The van der Waals surface area contributed by atoms with Gasteiger partial charge in [0.05, 0.1) is 0 Å². The number of nitriles is 1. The maximum Gasteiger partial charge on any atom is 0.328 e. The Morgan fingerprint density at radius 3 is 3.00 bits per heavy atom. The predicted octanol–water partition coefficient (Wildman–Crippen LogP) is 0.769. The highest BCUT2D eigenvalue weighted by molar-refractivity contribution is 5.22. The minimum absolute atomic E-state index is 0.00162. The molecule has 16 heavy (non-hydrogen) atoms. The monoisotopic (exact) mass is 219 g/mol. The van der Waals surface area contributed by atoms with Crippen molar-refractivity contribution in [3.05, 3.63) is 32.6 Å². The maximum atomic E-state index is 11.5. The second-order valence-corrected chi connectivity index (χ2v) is 4.17. The number of nitrogens with zero attached hydrogens (tertiary/aromatic N) is 2. The van der Waals surface area contributed by atoms with Crippen molar-refractivity contribution in [3.8, 4) is 6.07 Å². The van der Waals surface area contributed by atoms with Crippen molar-refractivity contribution >= 4 is 0 Å². The van der Waals surface area contributed by atoms with E-state index in [1.807, 2.05) is 0 Å². The van der Waals surface area contributed by atoms with Crippen molar-refractivity contribution in [1.82, 2.24) is 9.55 Å². The Morgan fingerprint density at radius 1 is 1.62 bits per heavy atom. The summed E-state index contributed by atoms with van der Waals surface area (Å²) < 4.78 is 1.49. The maximum absolute atomic E-state index is 11.5. The van der Waals surface area contributed by atoms with Crippen molar-refractivity contribution in [2.75, 3.05) is 0 Å². The summed E-state index contributed by atoms with van der Waals surface area (Å²) in [4.78, 5) is 24.9. The summed E-state index contributed by atoms with van der Waals surface area (Å²) in [6, 6.07) is 1.95. The molecule has 0 saturated heterocycles. The van der Waals surface area contributed by atoms with Gasteiger partial charge in [-0.15, -0.1) is 0 Å². The lowest BCUT2D eigenvalue weighted by Crippen LogP contribution is -2.30. The van der Waals surface area contributed by atoms with Crippen molar-refractivity contribution < 1.29 is 0 Å². The van der Waals surface area contributed by atoms with Gasteiger partial charge in [0.2, 0.25) is 0 Å². The van der Waals surface area contributed by atoms with Crippen LogP contribution in [0.3, 0.4) is 0 Å². The summed E-state index contributed by atoms with van der Waals surface area (Å²) in [5, 5.41) is 8.72. The molecule has 1 aliphatic carbocycles. The molecule has 1 N–H and O–H groups in total. The van der Waals surface area contributed by atoms with Gasteiger partial charge in [-0.05, 0) is 18.8 Å². The number of H-pyrrole nitrogens is 1. The third kappa shape index (κ3) is 1.78.